The monoisotopic (exact) mass is 309 g/mol. The molecular formula is C11H11N5O2S2. The van der Waals surface area contributed by atoms with Crippen LogP contribution in [0.4, 0.5) is 0 Å². The van der Waals surface area contributed by atoms with Gasteiger partial charge in [-0.1, -0.05) is 0 Å². The molecule has 104 valence electrons. The maximum absolute atomic E-state index is 11.7. The normalized spacial score (nSPS) is 11.6. The predicted molar refractivity (Wildman–Crippen MR) is 75.8 cm³/mol. The Morgan fingerprint density at radius 3 is 3.00 bits per heavy atom. The van der Waals surface area contributed by atoms with E-state index < -0.39 is 0 Å². The van der Waals surface area contributed by atoms with Crippen LogP contribution in [-0.4, -0.2) is 30.4 Å². The van der Waals surface area contributed by atoms with Crippen molar-refractivity contribution in [1.82, 2.24) is 24.1 Å². The maximum atomic E-state index is 11.7. The second-order valence-corrected chi connectivity index (χ2v) is 6.18. The summed E-state index contributed by atoms with van der Waals surface area (Å²) in [5, 5.41) is 9.32. The van der Waals surface area contributed by atoms with Gasteiger partial charge < -0.3 is 0 Å². The fourth-order valence-electron chi connectivity index (χ4n) is 1.87. The average molecular weight is 309 g/mol. The number of nitrogens with zero attached hydrogens (tertiary/aromatic N) is 4. The standard InChI is InChI=1S/C11H11N5O2S2/c1-6(2)16-9(18)13-14-11(16)20-8-7(5-17)15-3-4-19-10(15)12-8/h3-6H,1-2H3,(H,13,18). The SMILES string of the molecule is CC(C)n1c(Sc2nc3sccn3c2C=O)n[nH]c1=O. The van der Waals surface area contributed by atoms with E-state index in [9.17, 15) is 9.59 Å². The summed E-state index contributed by atoms with van der Waals surface area (Å²) in [5.74, 6) is 0. The summed E-state index contributed by atoms with van der Waals surface area (Å²) in [6.07, 6.45) is 2.56. The first-order chi connectivity index (χ1) is 9.61. The lowest BCUT2D eigenvalue weighted by atomic mass is 10.4. The number of aromatic nitrogens is 5. The van der Waals surface area contributed by atoms with Gasteiger partial charge in [0.15, 0.2) is 16.4 Å². The molecule has 0 bridgehead atoms. The van der Waals surface area contributed by atoms with Crippen LogP contribution in [0.2, 0.25) is 0 Å². The first kappa shape index (κ1) is 13.1. The first-order valence-corrected chi connectivity index (χ1v) is 7.57. The molecule has 0 aliphatic carbocycles. The number of carbonyl (C=O) groups is 1. The lowest BCUT2D eigenvalue weighted by Crippen LogP contribution is -2.19. The number of imidazole rings is 1. The maximum Gasteiger partial charge on any atom is 0.344 e. The minimum atomic E-state index is -0.267. The molecule has 0 saturated heterocycles. The van der Waals surface area contributed by atoms with Crippen LogP contribution in [0.5, 0.6) is 0 Å². The van der Waals surface area contributed by atoms with Crippen LogP contribution in [-0.2, 0) is 0 Å². The van der Waals surface area contributed by atoms with Gasteiger partial charge in [-0.2, -0.15) is 0 Å². The minimum absolute atomic E-state index is 0.0211. The summed E-state index contributed by atoms with van der Waals surface area (Å²) in [6.45, 7) is 3.79. The van der Waals surface area contributed by atoms with Gasteiger partial charge in [0.2, 0.25) is 0 Å². The molecule has 0 atom stereocenters. The third-order valence-corrected chi connectivity index (χ3v) is 4.47. The van der Waals surface area contributed by atoms with Gasteiger partial charge in [0.25, 0.3) is 0 Å². The molecule has 0 spiro atoms. The fraction of sp³-hybridized carbons (Fsp3) is 0.273. The number of H-pyrrole nitrogens is 1. The van der Waals surface area contributed by atoms with Gasteiger partial charge >= 0.3 is 5.69 Å². The van der Waals surface area contributed by atoms with Crippen LogP contribution in [0.15, 0.2) is 26.6 Å². The number of hydrogen-bond acceptors (Lipinski definition) is 6. The van der Waals surface area contributed by atoms with Crippen LogP contribution < -0.4 is 5.69 Å². The van der Waals surface area contributed by atoms with E-state index >= 15 is 0 Å². The Balaban J connectivity index is 2.07. The molecule has 0 saturated carbocycles. The molecule has 0 aromatic carbocycles. The van der Waals surface area contributed by atoms with Crippen molar-refractivity contribution in [1.29, 1.82) is 0 Å². The first-order valence-electron chi connectivity index (χ1n) is 5.87. The number of aldehydes is 1. The van der Waals surface area contributed by atoms with E-state index in [-0.39, 0.29) is 11.7 Å². The summed E-state index contributed by atoms with van der Waals surface area (Å²) >= 11 is 2.66. The lowest BCUT2D eigenvalue weighted by molar-refractivity contribution is 0.111. The van der Waals surface area contributed by atoms with Gasteiger partial charge in [0, 0.05) is 17.6 Å². The van der Waals surface area contributed by atoms with Gasteiger partial charge in [-0.25, -0.2) is 14.9 Å². The highest BCUT2D eigenvalue weighted by atomic mass is 32.2. The summed E-state index contributed by atoms with van der Waals surface area (Å²) in [5.41, 5.74) is 0.202. The molecule has 3 heterocycles. The van der Waals surface area contributed by atoms with Gasteiger partial charge in [-0.3, -0.25) is 13.8 Å². The topological polar surface area (TPSA) is 85.0 Å². The van der Waals surface area contributed by atoms with E-state index in [4.69, 9.17) is 0 Å². The molecule has 0 aliphatic rings. The quantitative estimate of drug-likeness (QED) is 0.743. The highest BCUT2D eigenvalue weighted by molar-refractivity contribution is 7.99. The molecule has 0 aliphatic heterocycles. The van der Waals surface area contributed by atoms with Gasteiger partial charge in [0.05, 0.1) is 0 Å². The van der Waals surface area contributed by atoms with E-state index in [1.54, 1.807) is 10.6 Å². The Morgan fingerprint density at radius 1 is 1.50 bits per heavy atom. The Labute approximate surface area is 121 Å². The zero-order valence-corrected chi connectivity index (χ0v) is 12.4. The zero-order valence-electron chi connectivity index (χ0n) is 10.7. The highest BCUT2D eigenvalue weighted by Crippen LogP contribution is 2.30. The van der Waals surface area contributed by atoms with Crippen LogP contribution in [0.1, 0.15) is 30.4 Å². The summed E-state index contributed by atoms with van der Waals surface area (Å²) in [4.78, 5) is 28.1. The van der Waals surface area contributed by atoms with Gasteiger partial charge in [-0.05, 0) is 25.6 Å². The molecule has 1 N–H and O–H groups in total. The predicted octanol–water partition coefficient (Wildman–Crippen LogP) is 1.83. The van der Waals surface area contributed by atoms with Crippen molar-refractivity contribution in [2.45, 2.75) is 30.1 Å². The number of fused-ring (bicyclic) bond motifs is 1. The molecule has 9 heteroatoms. The van der Waals surface area contributed by atoms with Crippen molar-refractivity contribution < 1.29 is 4.79 Å². The molecular weight excluding hydrogens is 298 g/mol. The molecule has 0 unspecified atom stereocenters. The van der Waals surface area contributed by atoms with Crippen LogP contribution in [0, 0.1) is 0 Å². The van der Waals surface area contributed by atoms with E-state index in [0.717, 1.165) is 11.2 Å². The molecule has 3 aromatic heterocycles. The van der Waals surface area contributed by atoms with Crippen LogP contribution in [0.25, 0.3) is 4.96 Å². The van der Waals surface area contributed by atoms with E-state index in [2.05, 4.69) is 15.2 Å². The summed E-state index contributed by atoms with van der Waals surface area (Å²) in [6, 6.07) is -0.0211. The third-order valence-electron chi connectivity index (χ3n) is 2.75. The van der Waals surface area contributed by atoms with Crippen LogP contribution >= 0.6 is 23.1 Å². The van der Waals surface area contributed by atoms with E-state index in [1.807, 2.05) is 19.2 Å². The molecule has 3 aromatic rings. The number of aromatic amines is 1. The Kier molecular flexibility index (Phi) is 3.22. The van der Waals surface area contributed by atoms with E-state index in [0.29, 0.717) is 15.9 Å². The summed E-state index contributed by atoms with van der Waals surface area (Å²) < 4.78 is 3.26. The number of rotatable bonds is 4. The fourth-order valence-corrected chi connectivity index (χ4v) is 3.69. The van der Waals surface area contributed by atoms with Crippen molar-refractivity contribution in [3.8, 4) is 0 Å². The molecule has 0 radical (unpaired) electrons. The van der Waals surface area contributed by atoms with Crippen molar-refractivity contribution in [3.63, 3.8) is 0 Å². The van der Waals surface area contributed by atoms with Crippen molar-refractivity contribution in [3.05, 3.63) is 27.8 Å². The second kappa shape index (κ2) is 4.91. The Bertz CT molecular complexity index is 825. The molecule has 7 nitrogen and oxygen atoms in total. The van der Waals surface area contributed by atoms with Gasteiger partial charge in [0.1, 0.15) is 10.7 Å². The largest absolute Gasteiger partial charge is 0.344 e. The highest BCUT2D eigenvalue weighted by Gasteiger charge is 2.18. The van der Waals surface area contributed by atoms with Gasteiger partial charge in [-0.15, -0.1) is 16.4 Å². The molecule has 3 rings (SSSR count). The van der Waals surface area contributed by atoms with Crippen molar-refractivity contribution >= 4 is 34.3 Å². The number of carbonyl (C=O) groups excluding carboxylic acids is 1. The zero-order chi connectivity index (χ0) is 14.3. The smallest absolute Gasteiger partial charge is 0.296 e. The van der Waals surface area contributed by atoms with Crippen LogP contribution in [0.3, 0.4) is 0 Å². The number of hydrogen-bond donors (Lipinski definition) is 1. The summed E-state index contributed by atoms with van der Waals surface area (Å²) in [7, 11) is 0. The number of thiazole rings is 1. The van der Waals surface area contributed by atoms with Crippen molar-refractivity contribution in [2.75, 3.05) is 0 Å². The molecule has 0 amide bonds. The Morgan fingerprint density at radius 2 is 2.30 bits per heavy atom. The minimum Gasteiger partial charge on any atom is -0.296 e. The third kappa shape index (κ3) is 1.98. The number of nitrogens with one attached hydrogen (secondary N) is 1. The Hall–Kier alpha value is -1.87. The average Bonchev–Trinajstić information content (AvgIpc) is 3.04. The van der Waals surface area contributed by atoms with Crippen molar-refractivity contribution in [2.24, 2.45) is 0 Å². The molecule has 0 fully saturated rings. The second-order valence-electron chi connectivity index (χ2n) is 4.35. The van der Waals surface area contributed by atoms with E-state index in [1.165, 1.54) is 27.7 Å². The lowest BCUT2D eigenvalue weighted by Gasteiger charge is -2.07. The molecule has 20 heavy (non-hydrogen) atoms.